The lowest BCUT2D eigenvalue weighted by Crippen LogP contribution is -2.58. The van der Waals surface area contributed by atoms with Crippen molar-refractivity contribution in [2.75, 3.05) is 24.7 Å². The van der Waals surface area contributed by atoms with Gasteiger partial charge in [-0.25, -0.2) is 0 Å². The maximum absolute atomic E-state index is 14.6. The van der Waals surface area contributed by atoms with Gasteiger partial charge in [0.05, 0.1) is 35.8 Å². The number of carbonyl (C=O) groups excluding carboxylic acids is 3. The summed E-state index contributed by atoms with van der Waals surface area (Å²) in [5.74, 6) is -2.19. The molecule has 0 aliphatic carbocycles. The van der Waals surface area contributed by atoms with Crippen molar-refractivity contribution in [3.63, 3.8) is 0 Å². The number of anilines is 1. The van der Waals surface area contributed by atoms with Crippen LogP contribution in [0, 0.1) is 11.8 Å². The zero-order chi connectivity index (χ0) is 27.7. The number of halogens is 1. The fourth-order valence-corrected chi connectivity index (χ4v) is 8.94. The molecule has 2 unspecified atom stereocenters. The summed E-state index contributed by atoms with van der Waals surface area (Å²) in [6, 6.07) is 15.1. The number of rotatable bonds is 10. The Bertz CT molecular complexity index is 1240. The van der Waals surface area contributed by atoms with Crippen molar-refractivity contribution in [1.29, 1.82) is 0 Å². The largest absolute Gasteiger partial charge is 0.466 e. The topological polar surface area (TPSA) is 87.2 Å². The van der Waals surface area contributed by atoms with Crippen LogP contribution in [0.4, 0.5) is 5.69 Å². The maximum Gasteiger partial charge on any atom is 0.310 e. The Morgan fingerprint density at radius 1 is 1.26 bits per heavy atom. The number of carbonyl (C=O) groups is 3. The van der Waals surface area contributed by atoms with Crippen LogP contribution in [0.2, 0.25) is 5.02 Å². The van der Waals surface area contributed by atoms with E-state index < -0.39 is 28.7 Å². The van der Waals surface area contributed by atoms with E-state index in [1.165, 1.54) is 0 Å². The molecule has 3 heterocycles. The summed E-state index contributed by atoms with van der Waals surface area (Å²) in [4.78, 5) is 45.3. The minimum Gasteiger partial charge on any atom is -0.466 e. The third-order valence-electron chi connectivity index (χ3n) is 8.17. The molecule has 3 fully saturated rings. The number of ether oxygens (including phenoxy) is 1. The second-order valence-electron chi connectivity index (χ2n) is 10.3. The Balaban J connectivity index is 1.60. The Morgan fingerprint density at radius 3 is 2.62 bits per heavy atom. The van der Waals surface area contributed by atoms with Gasteiger partial charge in [0.15, 0.2) is 0 Å². The molecule has 0 aromatic heterocycles. The molecule has 2 aromatic carbocycles. The van der Waals surface area contributed by atoms with Gasteiger partial charge in [0.2, 0.25) is 5.91 Å². The predicted octanol–water partition coefficient (Wildman–Crippen LogP) is 4.12. The number of likely N-dealkylation sites (tertiary alicyclic amines) is 1. The smallest absolute Gasteiger partial charge is 0.310 e. The van der Waals surface area contributed by atoms with Gasteiger partial charge in [0.25, 0.3) is 5.91 Å². The molecule has 2 bridgehead atoms. The van der Waals surface area contributed by atoms with Crippen LogP contribution in [0.25, 0.3) is 0 Å². The Morgan fingerprint density at radius 2 is 1.97 bits per heavy atom. The quantitative estimate of drug-likeness (QED) is 0.343. The van der Waals surface area contributed by atoms with E-state index in [0.29, 0.717) is 23.6 Å². The van der Waals surface area contributed by atoms with Gasteiger partial charge < -0.3 is 19.6 Å². The van der Waals surface area contributed by atoms with Crippen LogP contribution in [-0.2, 0) is 25.5 Å². The number of hydrogen-bond acceptors (Lipinski definition) is 6. The van der Waals surface area contributed by atoms with E-state index in [1.807, 2.05) is 30.3 Å². The van der Waals surface area contributed by atoms with E-state index in [2.05, 4.69) is 6.58 Å². The average molecular weight is 569 g/mol. The Hall–Kier alpha value is -2.81. The highest BCUT2D eigenvalue weighted by atomic mass is 35.5. The van der Waals surface area contributed by atoms with Crippen LogP contribution < -0.4 is 4.90 Å². The number of aliphatic hydroxyl groups is 1. The molecule has 3 saturated heterocycles. The molecular formula is C30H33ClN2O5S. The number of fused-ring (bicyclic) bond motifs is 1. The average Bonchev–Trinajstić information content (AvgIpc) is 3.59. The summed E-state index contributed by atoms with van der Waals surface area (Å²) in [7, 11) is 0. The van der Waals surface area contributed by atoms with Crippen LogP contribution in [0.3, 0.4) is 0 Å². The highest BCUT2D eigenvalue weighted by Crippen LogP contribution is 2.67. The second-order valence-corrected chi connectivity index (χ2v) is 12.3. The summed E-state index contributed by atoms with van der Waals surface area (Å²) in [5, 5.41) is 11.1. The minimum atomic E-state index is -0.860. The molecule has 1 spiro atoms. The third kappa shape index (κ3) is 4.77. The van der Waals surface area contributed by atoms with E-state index in [9.17, 15) is 19.5 Å². The predicted molar refractivity (Wildman–Crippen MR) is 153 cm³/mol. The third-order valence-corrected chi connectivity index (χ3v) is 10.4. The normalized spacial score (nSPS) is 27.8. The fourth-order valence-electron chi connectivity index (χ4n) is 6.63. The maximum atomic E-state index is 14.6. The summed E-state index contributed by atoms with van der Waals surface area (Å²) < 4.78 is 4.63. The molecule has 39 heavy (non-hydrogen) atoms. The number of aliphatic hydroxyl groups excluding tert-OH is 1. The number of amides is 2. The molecule has 0 radical (unpaired) electrons. The molecular weight excluding hydrogens is 536 g/mol. The van der Waals surface area contributed by atoms with Crippen LogP contribution in [0.15, 0.2) is 67.3 Å². The summed E-state index contributed by atoms with van der Waals surface area (Å²) in [5.41, 5.74) is 1.59. The van der Waals surface area contributed by atoms with Gasteiger partial charge in [-0.05, 0) is 56.0 Å². The number of thioether (sulfide) groups is 1. The van der Waals surface area contributed by atoms with Gasteiger partial charge in [-0.3, -0.25) is 14.4 Å². The molecule has 9 heteroatoms. The van der Waals surface area contributed by atoms with E-state index >= 15 is 0 Å². The lowest BCUT2D eigenvalue weighted by molar-refractivity contribution is -0.154. The molecule has 1 N–H and O–H groups in total. The van der Waals surface area contributed by atoms with Gasteiger partial charge in [-0.1, -0.05) is 48.0 Å². The molecule has 6 atom stereocenters. The second kappa shape index (κ2) is 11.4. The van der Waals surface area contributed by atoms with Crippen molar-refractivity contribution in [3.8, 4) is 0 Å². The number of hydrogen-bond donors (Lipinski definition) is 1. The molecule has 0 saturated carbocycles. The SMILES string of the molecule is C=CCN(C(=O)C1N([C@@H](CO)Cc2ccccc2)C(=O)[C@@H]2[C@@H](C(=O)OCC)[C@H]3CCC12S3)c1ccc(Cl)cc1. The number of benzene rings is 2. The summed E-state index contributed by atoms with van der Waals surface area (Å²) in [6.07, 6.45) is 3.39. The fraction of sp³-hybridized carbons (Fsp3) is 0.433. The molecule has 2 amide bonds. The van der Waals surface area contributed by atoms with Crippen LogP contribution in [0.1, 0.15) is 25.3 Å². The molecule has 2 aromatic rings. The van der Waals surface area contributed by atoms with Crippen molar-refractivity contribution in [1.82, 2.24) is 4.90 Å². The van der Waals surface area contributed by atoms with Gasteiger partial charge in [0.1, 0.15) is 6.04 Å². The van der Waals surface area contributed by atoms with Gasteiger partial charge in [-0.15, -0.1) is 18.3 Å². The van der Waals surface area contributed by atoms with Gasteiger partial charge in [0, 0.05) is 22.5 Å². The first-order valence-electron chi connectivity index (χ1n) is 13.4. The van der Waals surface area contributed by atoms with Crippen molar-refractivity contribution < 1.29 is 24.2 Å². The summed E-state index contributed by atoms with van der Waals surface area (Å²) in [6.45, 7) is 5.76. The highest BCUT2D eigenvalue weighted by Gasteiger charge is 2.74. The highest BCUT2D eigenvalue weighted by molar-refractivity contribution is 8.02. The molecule has 7 nitrogen and oxygen atoms in total. The van der Waals surface area contributed by atoms with Gasteiger partial charge >= 0.3 is 5.97 Å². The number of nitrogens with zero attached hydrogens (tertiary/aromatic N) is 2. The molecule has 3 aliphatic heterocycles. The lowest BCUT2D eigenvalue weighted by Gasteiger charge is -2.39. The molecule has 3 aliphatic rings. The zero-order valence-electron chi connectivity index (χ0n) is 21.9. The van der Waals surface area contributed by atoms with Crippen molar-refractivity contribution >= 4 is 46.8 Å². The Kier molecular flexibility index (Phi) is 8.08. The standard InChI is InChI=1S/C30H33ClN2O5S/c1-3-16-32(21-12-10-20(31)11-13-21)28(36)26-30-15-14-23(39-30)24(29(37)38-4-2)25(30)27(35)33(26)22(18-34)17-19-8-6-5-7-9-19/h3,5-13,22-26,34H,1,4,14-18H2,2H3/t22-,23-,24+,25+,26?,30?/m1/s1. The first-order chi connectivity index (χ1) is 18.9. The monoisotopic (exact) mass is 568 g/mol. The van der Waals surface area contributed by atoms with Gasteiger partial charge in [-0.2, -0.15) is 0 Å². The van der Waals surface area contributed by atoms with Crippen molar-refractivity contribution in [2.24, 2.45) is 11.8 Å². The van der Waals surface area contributed by atoms with E-state index in [4.69, 9.17) is 16.3 Å². The first kappa shape index (κ1) is 27.7. The first-order valence-corrected chi connectivity index (χ1v) is 14.6. The lowest BCUT2D eigenvalue weighted by atomic mass is 9.71. The molecule has 5 rings (SSSR count). The van der Waals surface area contributed by atoms with Crippen molar-refractivity contribution in [2.45, 2.75) is 48.3 Å². The van der Waals surface area contributed by atoms with E-state index in [1.54, 1.807) is 58.8 Å². The minimum absolute atomic E-state index is 0.0828. The van der Waals surface area contributed by atoms with E-state index in [-0.39, 0.29) is 42.8 Å². The van der Waals surface area contributed by atoms with E-state index in [0.717, 1.165) is 12.0 Å². The zero-order valence-corrected chi connectivity index (χ0v) is 23.4. The van der Waals surface area contributed by atoms with Crippen LogP contribution in [-0.4, -0.2) is 69.6 Å². The number of esters is 1. The molecule has 206 valence electrons. The Labute approximate surface area is 238 Å². The van der Waals surface area contributed by atoms with Crippen molar-refractivity contribution in [3.05, 3.63) is 77.8 Å². The van der Waals surface area contributed by atoms with Crippen LogP contribution >= 0.6 is 23.4 Å². The van der Waals surface area contributed by atoms with Crippen LogP contribution in [0.5, 0.6) is 0 Å². The summed E-state index contributed by atoms with van der Waals surface area (Å²) >= 11 is 7.71.